The van der Waals surface area contributed by atoms with E-state index in [9.17, 15) is 13.2 Å². The van der Waals surface area contributed by atoms with E-state index in [0.717, 1.165) is 10.4 Å². The third kappa shape index (κ3) is 3.45. The molecule has 0 atom stereocenters. The molecular weight excluding hydrogens is 292 g/mol. The summed E-state index contributed by atoms with van der Waals surface area (Å²) in [5, 5.41) is 8.93. The van der Waals surface area contributed by atoms with Crippen molar-refractivity contribution in [2.45, 2.75) is 11.4 Å². The maximum Gasteiger partial charge on any atom is 0.335 e. The second-order valence-electron chi connectivity index (χ2n) is 4.42. The topological polar surface area (TPSA) is 87.6 Å². The van der Waals surface area contributed by atoms with Crippen LogP contribution < -0.4 is 0 Å². The maximum absolute atomic E-state index is 12.4. The maximum atomic E-state index is 12.4. The van der Waals surface area contributed by atoms with Crippen LogP contribution in [-0.2, 0) is 16.6 Å². The lowest BCUT2D eigenvalue weighted by Gasteiger charge is -2.17. The minimum atomic E-state index is -3.76. The standard InChI is InChI=1S/C14H14N2O4S/c1-16(10-12-6-2-3-8-15-12)21(19,20)13-7-4-5-11(9-13)14(17)18/h2-9H,10H2,1H3,(H,17,18). The Morgan fingerprint density at radius 1 is 1.24 bits per heavy atom. The number of aromatic nitrogens is 1. The monoisotopic (exact) mass is 306 g/mol. The molecule has 21 heavy (non-hydrogen) atoms. The molecular formula is C14H14N2O4S. The van der Waals surface area contributed by atoms with Crippen molar-refractivity contribution in [3.05, 3.63) is 59.9 Å². The molecule has 110 valence electrons. The molecule has 0 bridgehead atoms. The minimum absolute atomic E-state index is 0.0548. The number of benzene rings is 1. The zero-order valence-corrected chi connectivity index (χ0v) is 12.1. The Bertz CT molecular complexity index is 745. The third-order valence-electron chi connectivity index (χ3n) is 2.90. The van der Waals surface area contributed by atoms with E-state index in [1.807, 2.05) is 0 Å². The Morgan fingerprint density at radius 3 is 2.62 bits per heavy atom. The molecule has 1 N–H and O–H groups in total. The number of carbonyl (C=O) groups is 1. The van der Waals surface area contributed by atoms with E-state index in [1.54, 1.807) is 24.4 Å². The van der Waals surface area contributed by atoms with E-state index in [2.05, 4.69) is 4.98 Å². The summed E-state index contributed by atoms with van der Waals surface area (Å²) in [6.07, 6.45) is 1.58. The van der Waals surface area contributed by atoms with Crippen molar-refractivity contribution in [3.8, 4) is 0 Å². The van der Waals surface area contributed by atoms with Gasteiger partial charge in [-0.05, 0) is 30.3 Å². The van der Waals surface area contributed by atoms with E-state index >= 15 is 0 Å². The van der Waals surface area contributed by atoms with Gasteiger partial charge in [-0.15, -0.1) is 0 Å². The Hall–Kier alpha value is -2.25. The molecule has 2 aromatic rings. The molecule has 0 aliphatic carbocycles. The summed E-state index contributed by atoms with van der Waals surface area (Å²) < 4.78 is 26.0. The number of aromatic carboxylic acids is 1. The predicted molar refractivity (Wildman–Crippen MR) is 76.3 cm³/mol. The molecule has 0 saturated carbocycles. The highest BCUT2D eigenvalue weighted by atomic mass is 32.2. The van der Waals surface area contributed by atoms with Crippen molar-refractivity contribution in [3.63, 3.8) is 0 Å². The van der Waals surface area contributed by atoms with Crippen molar-refractivity contribution in [2.24, 2.45) is 0 Å². The van der Waals surface area contributed by atoms with Crippen LogP contribution in [0.25, 0.3) is 0 Å². The number of nitrogens with zero attached hydrogens (tertiary/aromatic N) is 2. The lowest BCUT2D eigenvalue weighted by Crippen LogP contribution is -2.27. The second-order valence-corrected chi connectivity index (χ2v) is 6.46. The first-order valence-electron chi connectivity index (χ1n) is 6.11. The molecule has 0 radical (unpaired) electrons. The first kappa shape index (κ1) is 15.1. The lowest BCUT2D eigenvalue weighted by molar-refractivity contribution is 0.0696. The van der Waals surface area contributed by atoms with Crippen LogP contribution >= 0.6 is 0 Å². The molecule has 1 aromatic heterocycles. The van der Waals surface area contributed by atoms with Crippen LogP contribution in [0.1, 0.15) is 16.1 Å². The van der Waals surface area contributed by atoms with Crippen LogP contribution in [0.3, 0.4) is 0 Å². The summed E-state index contributed by atoms with van der Waals surface area (Å²) in [5.74, 6) is -1.17. The minimum Gasteiger partial charge on any atom is -0.478 e. The van der Waals surface area contributed by atoms with E-state index in [0.29, 0.717) is 5.69 Å². The highest BCUT2D eigenvalue weighted by molar-refractivity contribution is 7.89. The molecule has 1 heterocycles. The predicted octanol–water partition coefficient (Wildman–Crippen LogP) is 1.60. The molecule has 0 saturated heterocycles. The highest BCUT2D eigenvalue weighted by Crippen LogP contribution is 2.17. The first-order chi connectivity index (χ1) is 9.91. The fraction of sp³-hybridized carbons (Fsp3) is 0.143. The first-order valence-corrected chi connectivity index (χ1v) is 7.55. The van der Waals surface area contributed by atoms with Crippen molar-refractivity contribution in [1.82, 2.24) is 9.29 Å². The Morgan fingerprint density at radius 2 is 2.00 bits per heavy atom. The largest absolute Gasteiger partial charge is 0.478 e. The highest BCUT2D eigenvalue weighted by Gasteiger charge is 2.22. The van der Waals surface area contributed by atoms with Gasteiger partial charge in [-0.3, -0.25) is 4.98 Å². The van der Waals surface area contributed by atoms with Crippen LogP contribution in [0.4, 0.5) is 0 Å². The Labute approximate surface area is 122 Å². The van der Waals surface area contributed by atoms with Gasteiger partial charge >= 0.3 is 5.97 Å². The molecule has 7 heteroatoms. The number of pyridine rings is 1. The smallest absolute Gasteiger partial charge is 0.335 e. The summed E-state index contributed by atoms with van der Waals surface area (Å²) >= 11 is 0. The van der Waals surface area contributed by atoms with Gasteiger partial charge in [-0.2, -0.15) is 4.31 Å². The summed E-state index contributed by atoms with van der Waals surface area (Å²) in [7, 11) is -2.34. The summed E-state index contributed by atoms with van der Waals surface area (Å²) in [6.45, 7) is 0.112. The molecule has 0 unspecified atom stereocenters. The summed E-state index contributed by atoms with van der Waals surface area (Å²) in [5.41, 5.74) is 0.542. The molecule has 1 aromatic carbocycles. The zero-order valence-electron chi connectivity index (χ0n) is 11.3. The van der Waals surface area contributed by atoms with Gasteiger partial charge in [-0.1, -0.05) is 12.1 Å². The van der Waals surface area contributed by atoms with E-state index in [-0.39, 0.29) is 17.0 Å². The van der Waals surface area contributed by atoms with Crippen LogP contribution in [-0.4, -0.2) is 35.8 Å². The van der Waals surface area contributed by atoms with E-state index in [4.69, 9.17) is 5.11 Å². The second kappa shape index (κ2) is 6.02. The van der Waals surface area contributed by atoms with Crippen LogP contribution in [0.5, 0.6) is 0 Å². The van der Waals surface area contributed by atoms with Gasteiger partial charge in [0, 0.05) is 13.2 Å². The number of carboxylic acid groups (broad SMARTS) is 1. The lowest BCUT2D eigenvalue weighted by atomic mass is 10.2. The molecule has 0 aliphatic heterocycles. The quantitative estimate of drug-likeness (QED) is 0.906. The number of hydrogen-bond acceptors (Lipinski definition) is 4. The van der Waals surface area contributed by atoms with Crippen molar-refractivity contribution in [1.29, 1.82) is 0 Å². The van der Waals surface area contributed by atoms with E-state index in [1.165, 1.54) is 25.2 Å². The molecule has 0 aliphatic rings. The molecule has 6 nitrogen and oxygen atoms in total. The number of sulfonamides is 1. The summed E-state index contributed by atoms with van der Waals surface area (Å²) in [6, 6.07) is 10.5. The van der Waals surface area contributed by atoms with Gasteiger partial charge in [0.15, 0.2) is 0 Å². The van der Waals surface area contributed by atoms with Crippen LogP contribution in [0.2, 0.25) is 0 Å². The molecule has 0 spiro atoms. The van der Waals surface area contributed by atoms with Gasteiger partial charge in [0.25, 0.3) is 0 Å². The van der Waals surface area contributed by atoms with Crippen molar-refractivity contribution < 1.29 is 18.3 Å². The zero-order chi connectivity index (χ0) is 15.5. The Balaban J connectivity index is 2.29. The number of rotatable bonds is 5. The molecule has 0 amide bonds. The molecule has 0 fully saturated rings. The van der Waals surface area contributed by atoms with Gasteiger partial charge in [0.2, 0.25) is 10.0 Å². The van der Waals surface area contributed by atoms with Crippen LogP contribution in [0, 0.1) is 0 Å². The Kier molecular flexibility index (Phi) is 4.35. The fourth-order valence-corrected chi connectivity index (χ4v) is 2.96. The summed E-state index contributed by atoms with van der Waals surface area (Å²) in [4.78, 5) is 14.9. The van der Waals surface area contributed by atoms with Gasteiger partial charge < -0.3 is 5.11 Å². The SMILES string of the molecule is CN(Cc1ccccn1)S(=O)(=O)c1cccc(C(=O)O)c1. The average molecular weight is 306 g/mol. The number of carboxylic acids is 1. The van der Waals surface area contributed by atoms with Crippen LogP contribution in [0.15, 0.2) is 53.6 Å². The van der Waals surface area contributed by atoms with Gasteiger partial charge in [0.1, 0.15) is 0 Å². The van der Waals surface area contributed by atoms with Crippen molar-refractivity contribution in [2.75, 3.05) is 7.05 Å². The van der Waals surface area contributed by atoms with Gasteiger partial charge in [0.05, 0.1) is 22.7 Å². The number of hydrogen-bond donors (Lipinski definition) is 1. The third-order valence-corrected chi connectivity index (χ3v) is 4.70. The molecule has 2 rings (SSSR count). The fourth-order valence-electron chi connectivity index (χ4n) is 1.77. The van der Waals surface area contributed by atoms with E-state index < -0.39 is 16.0 Å². The van der Waals surface area contributed by atoms with Gasteiger partial charge in [-0.25, -0.2) is 13.2 Å². The van der Waals surface area contributed by atoms with Crippen molar-refractivity contribution >= 4 is 16.0 Å². The average Bonchev–Trinajstić information content (AvgIpc) is 2.48. The normalized spacial score (nSPS) is 11.5.